The van der Waals surface area contributed by atoms with Gasteiger partial charge in [-0.15, -0.1) is 0 Å². The zero-order valence-electron chi connectivity index (χ0n) is 7.82. The van der Waals surface area contributed by atoms with E-state index < -0.39 is 0 Å². The lowest BCUT2D eigenvalue weighted by Crippen LogP contribution is -2.07. The van der Waals surface area contributed by atoms with Crippen molar-refractivity contribution in [1.29, 1.82) is 0 Å². The standard InChI is InChI=1S/C10H12N2O/c1-10(2)3-8(10)9(13)7-4-11-6-12-5-7/h4-6,8H,3H2,1-2H3. The second-order valence-electron chi connectivity index (χ2n) is 4.24. The zero-order chi connectivity index (χ0) is 9.47. The van der Waals surface area contributed by atoms with Crippen molar-refractivity contribution in [3.8, 4) is 0 Å². The summed E-state index contributed by atoms with van der Waals surface area (Å²) in [5.41, 5.74) is 0.825. The lowest BCUT2D eigenvalue weighted by Gasteiger charge is -2.01. The maximum atomic E-state index is 11.7. The summed E-state index contributed by atoms with van der Waals surface area (Å²) >= 11 is 0. The Morgan fingerprint density at radius 1 is 1.46 bits per heavy atom. The fourth-order valence-electron chi connectivity index (χ4n) is 1.54. The van der Waals surface area contributed by atoms with Gasteiger partial charge in [-0.1, -0.05) is 13.8 Å². The van der Waals surface area contributed by atoms with Gasteiger partial charge in [-0.3, -0.25) is 4.79 Å². The van der Waals surface area contributed by atoms with E-state index in [4.69, 9.17) is 0 Å². The fraction of sp³-hybridized carbons (Fsp3) is 0.500. The highest BCUT2D eigenvalue weighted by Gasteiger charge is 2.50. The van der Waals surface area contributed by atoms with E-state index in [0.29, 0.717) is 5.56 Å². The van der Waals surface area contributed by atoms with Crippen molar-refractivity contribution in [3.05, 3.63) is 24.3 Å². The molecule has 13 heavy (non-hydrogen) atoms. The molecule has 68 valence electrons. The molecule has 0 saturated heterocycles. The van der Waals surface area contributed by atoms with Crippen LogP contribution < -0.4 is 0 Å². The number of carbonyl (C=O) groups is 1. The Morgan fingerprint density at radius 2 is 2.00 bits per heavy atom. The van der Waals surface area contributed by atoms with Crippen molar-refractivity contribution in [2.24, 2.45) is 11.3 Å². The molecule has 1 aliphatic carbocycles. The average molecular weight is 176 g/mol. The summed E-state index contributed by atoms with van der Waals surface area (Å²) in [6.07, 6.45) is 5.60. The van der Waals surface area contributed by atoms with Gasteiger partial charge in [0.1, 0.15) is 6.33 Å². The number of Topliss-reactive ketones (excluding diaryl/α,β-unsaturated/α-hetero) is 1. The second kappa shape index (κ2) is 2.62. The van der Waals surface area contributed by atoms with Crippen LogP contribution in [0.4, 0.5) is 0 Å². The molecule has 1 fully saturated rings. The molecule has 2 rings (SSSR count). The smallest absolute Gasteiger partial charge is 0.169 e. The minimum absolute atomic E-state index is 0.179. The summed E-state index contributed by atoms with van der Waals surface area (Å²) in [7, 11) is 0. The highest BCUT2D eigenvalue weighted by molar-refractivity contribution is 5.99. The first-order chi connectivity index (χ1) is 6.11. The molecule has 1 unspecified atom stereocenters. The van der Waals surface area contributed by atoms with E-state index in [0.717, 1.165) is 6.42 Å². The van der Waals surface area contributed by atoms with Crippen molar-refractivity contribution < 1.29 is 4.79 Å². The molecular weight excluding hydrogens is 164 g/mol. The molecule has 0 amide bonds. The molecule has 0 radical (unpaired) electrons. The molecule has 1 aromatic heterocycles. The van der Waals surface area contributed by atoms with Gasteiger partial charge in [0, 0.05) is 18.3 Å². The lowest BCUT2D eigenvalue weighted by atomic mass is 10.0. The first-order valence-corrected chi connectivity index (χ1v) is 4.40. The number of hydrogen-bond acceptors (Lipinski definition) is 3. The van der Waals surface area contributed by atoms with Crippen LogP contribution in [0.5, 0.6) is 0 Å². The van der Waals surface area contributed by atoms with Crippen molar-refractivity contribution in [3.63, 3.8) is 0 Å². The first-order valence-electron chi connectivity index (χ1n) is 4.40. The average Bonchev–Trinajstić information content (AvgIpc) is 2.76. The van der Waals surface area contributed by atoms with Gasteiger partial charge in [0.2, 0.25) is 0 Å². The largest absolute Gasteiger partial charge is 0.294 e. The molecule has 0 aliphatic heterocycles. The van der Waals surface area contributed by atoms with E-state index in [-0.39, 0.29) is 17.1 Å². The van der Waals surface area contributed by atoms with Crippen LogP contribution in [0.25, 0.3) is 0 Å². The SMILES string of the molecule is CC1(C)CC1C(=O)c1cncnc1. The highest BCUT2D eigenvalue weighted by atomic mass is 16.1. The summed E-state index contributed by atoms with van der Waals surface area (Å²) in [4.78, 5) is 19.4. The summed E-state index contributed by atoms with van der Waals surface area (Å²) in [5.74, 6) is 0.365. The topological polar surface area (TPSA) is 42.9 Å². The van der Waals surface area contributed by atoms with Gasteiger partial charge in [0.05, 0.1) is 5.56 Å². The first kappa shape index (κ1) is 8.35. The van der Waals surface area contributed by atoms with Crippen LogP contribution in [0.15, 0.2) is 18.7 Å². The molecule has 0 aromatic carbocycles. The molecule has 0 N–H and O–H groups in total. The fourth-order valence-corrected chi connectivity index (χ4v) is 1.54. The van der Waals surface area contributed by atoms with Gasteiger partial charge < -0.3 is 0 Å². The molecule has 1 aromatic rings. The van der Waals surface area contributed by atoms with E-state index in [2.05, 4.69) is 23.8 Å². The monoisotopic (exact) mass is 176 g/mol. The number of ketones is 1. The minimum atomic E-state index is 0.179. The summed E-state index contributed by atoms with van der Waals surface area (Å²) in [6, 6.07) is 0. The number of hydrogen-bond donors (Lipinski definition) is 0. The van der Waals surface area contributed by atoms with Crippen LogP contribution in [-0.4, -0.2) is 15.8 Å². The van der Waals surface area contributed by atoms with E-state index in [1.54, 1.807) is 12.4 Å². The quantitative estimate of drug-likeness (QED) is 0.644. The zero-order valence-corrected chi connectivity index (χ0v) is 7.82. The molecule has 1 saturated carbocycles. The van der Waals surface area contributed by atoms with Crippen LogP contribution in [-0.2, 0) is 0 Å². The number of carbonyl (C=O) groups excluding carboxylic acids is 1. The van der Waals surface area contributed by atoms with Gasteiger partial charge in [0.15, 0.2) is 5.78 Å². The maximum absolute atomic E-state index is 11.7. The van der Waals surface area contributed by atoms with Gasteiger partial charge in [-0.05, 0) is 11.8 Å². The third-order valence-electron chi connectivity index (χ3n) is 2.68. The van der Waals surface area contributed by atoms with Gasteiger partial charge in [-0.25, -0.2) is 9.97 Å². The molecule has 1 aliphatic rings. The summed E-state index contributed by atoms with van der Waals surface area (Å²) in [6.45, 7) is 4.22. The third kappa shape index (κ3) is 1.46. The molecule has 3 nitrogen and oxygen atoms in total. The number of aromatic nitrogens is 2. The van der Waals surface area contributed by atoms with Crippen molar-refractivity contribution >= 4 is 5.78 Å². The van der Waals surface area contributed by atoms with E-state index in [9.17, 15) is 4.79 Å². The van der Waals surface area contributed by atoms with Crippen LogP contribution in [0.3, 0.4) is 0 Å². The Balaban J connectivity index is 2.17. The van der Waals surface area contributed by atoms with Crippen LogP contribution >= 0.6 is 0 Å². The predicted molar refractivity (Wildman–Crippen MR) is 48.3 cm³/mol. The molecule has 3 heteroatoms. The number of nitrogens with zero attached hydrogens (tertiary/aromatic N) is 2. The summed E-state index contributed by atoms with van der Waals surface area (Å²) < 4.78 is 0. The number of rotatable bonds is 2. The van der Waals surface area contributed by atoms with Crippen molar-refractivity contribution in [2.45, 2.75) is 20.3 Å². The third-order valence-corrected chi connectivity index (χ3v) is 2.68. The van der Waals surface area contributed by atoms with Gasteiger partial charge in [0.25, 0.3) is 0 Å². The van der Waals surface area contributed by atoms with Crippen LogP contribution in [0, 0.1) is 11.3 Å². The molecule has 1 heterocycles. The van der Waals surface area contributed by atoms with Crippen LogP contribution in [0.2, 0.25) is 0 Å². The van der Waals surface area contributed by atoms with Crippen molar-refractivity contribution in [1.82, 2.24) is 9.97 Å². The van der Waals surface area contributed by atoms with Crippen molar-refractivity contribution in [2.75, 3.05) is 0 Å². The Morgan fingerprint density at radius 3 is 2.46 bits per heavy atom. The van der Waals surface area contributed by atoms with E-state index in [1.807, 2.05) is 0 Å². The van der Waals surface area contributed by atoms with Gasteiger partial charge in [-0.2, -0.15) is 0 Å². The normalized spacial score (nSPS) is 24.0. The molecule has 0 spiro atoms. The second-order valence-corrected chi connectivity index (χ2v) is 4.24. The molecular formula is C10H12N2O. The highest BCUT2D eigenvalue weighted by Crippen LogP contribution is 2.52. The Hall–Kier alpha value is -1.25. The Bertz CT molecular complexity index is 332. The molecule has 1 atom stereocenters. The van der Waals surface area contributed by atoms with E-state index in [1.165, 1.54) is 6.33 Å². The minimum Gasteiger partial charge on any atom is -0.294 e. The Kier molecular flexibility index (Phi) is 1.68. The maximum Gasteiger partial charge on any atom is 0.169 e. The summed E-state index contributed by atoms with van der Waals surface area (Å²) in [5, 5.41) is 0. The van der Waals surface area contributed by atoms with Crippen LogP contribution in [0.1, 0.15) is 30.6 Å². The predicted octanol–water partition coefficient (Wildman–Crippen LogP) is 1.71. The Labute approximate surface area is 77.2 Å². The lowest BCUT2D eigenvalue weighted by molar-refractivity contribution is 0.0952. The van der Waals surface area contributed by atoms with Gasteiger partial charge >= 0.3 is 0 Å². The molecule has 0 bridgehead atoms. The van der Waals surface area contributed by atoms with E-state index >= 15 is 0 Å².